The molecule has 0 saturated heterocycles. The van der Waals surface area contributed by atoms with Crippen LogP contribution in [0.15, 0.2) is 60.7 Å². The maximum atomic E-state index is 6.20. The van der Waals surface area contributed by atoms with E-state index >= 15 is 0 Å². The van der Waals surface area contributed by atoms with Gasteiger partial charge in [-0.3, -0.25) is 0 Å². The molecule has 0 bridgehead atoms. The number of nitrogens with zero attached hydrogens (tertiary/aromatic N) is 2. The highest BCUT2D eigenvalue weighted by molar-refractivity contribution is 6.42. The predicted molar refractivity (Wildman–Crippen MR) is 116 cm³/mol. The van der Waals surface area contributed by atoms with E-state index in [1.807, 2.05) is 43.3 Å². The molecule has 4 aromatic rings. The number of hydrogen-bond donors (Lipinski definition) is 0. The van der Waals surface area contributed by atoms with Crippen LogP contribution in [0.25, 0.3) is 11.0 Å². The molecule has 28 heavy (non-hydrogen) atoms. The lowest BCUT2D eigenvalue weighted by Gasteiger charge is -2.13. The van der Waals surface area contributed by atoms with Crippen molar-refractivity contribution < 1.29 is 4.74 Å². The maximum Gasteiger partial charge on any atom is 0.148 e. The van der Waals surface area contributed by atoms with E-state index in [1.165, 1.54) is 5.56 Å². The fourth-order valence-electron chi connectivity index (χ4n) is 3.24. The molecule has 0 aliphatic heterocycles. The van der Waals surface area contributed by atoms with Crippen molar-refractivity contribution in [3.05, 3.63) is 93.2 Å². The molecule has 5 heteroatoms. The van der Waals surface area contributed by atoms with E-state index in [-0.39, 0.29) is 0 Å². The molecule has 1 heterocycles. The molecule has 4 rings (SSSR count). The summed E-state index contributed by atoms with van der Waals surface area (Å²) in [5.41, 5.74) is 5.35. The number of para-hydroxylation sites is 2. The summed E-state index contributed by atoms with van der Waals surface area (Å²) in [5.74, 6) is 1.75. The smallest absolute Gasteiger partial charge is 0.148 e. The van der Waals surface area contributed by atoms with Gasteiger partial charge in [-0.2, -0.15) is 0 Å². The van der Waals surface area contributed by atoms with Crippen molar-refractivity contribution >= 4 is 34.2 Å². The third kappa shape index (κ3) is 3.87. The summed E-state index contributed by atoms with van der Waals surface area (Å²) in [5, 5.41) is 1.11. The van der Waals surface area contributed by atoms with Crippen molar-refractivity contribution in [2.75, 3.05) is 0 Å². The van der Waals surface area contributed by atoms with Crippen LogP contribution in [-0.2, 0) is 13.2 Å². The van der Waals surface area contributed by atoms with Crippen molar-refractivity contribution in [3.8, 4) is 5.75 Å². The Morgan fingerprint density at radius 2 is 1.75 bits per heavy atom. The van der Waals surface area contributed by atoms with Crippen LogP contribution in [0.3, 0.4) is 0 Å². The lowest BCUT2D eigenvalue weighted by atomic mass is 10.1. The molecule has 0 aliphatic rings. The van der Waals surface area contributed by atoms with Crippen LogP contribution in [0, 0.1) is 13.8 Å². The minimum atomic E-state index is 0.389. The Labute approximate surface area is 174 Å². The highest BCUT2D eigenvalue weighted by Gasteiger charge is 2.13. The molecule has 0 aliphatic carbocycles. The fraction of sp³-hybridized carbons (Fsp3) is 0.174. The number of fused-ring (bicyclic) bond motifs is 1. The number of aryl methyl sites for hydroxylation is 2. The van der Waals surface area contributed by atoms with Crippen LogP contribution >= 0.6 is 23.2 Å². The summed E-state index contributed by atoms with van der Waals surface area (Å²) < 4.78 is 8.29. The maximum absolute atomic E-state index is 6.20. The normalized spacial score (nSPS) is 11.1. The van der Waals surface area contributed by atoms with Gasteiger partial charge in [-0.05, 0) is 60.9 Å². The van der Waals surface area contributed by atoms with Gasteiger partial charge in [0.2, 0.25) is 0 Å². The topological polar surface area (TPSA) is 27.1 Å². The first-order valence-electron chi connectivity index (χ1n) is 9.09. The van der Waals surface area contributed by atoms with Gasteiger partial charge in [0.25, 0.3) is 0 Å². The van der Waals surface area contributed by atoms with Gasteiger partial charge in [-0.15, -0.1) is 0 Å². The van der Waals surface area contributed by atoms with Crippen molar-refractivity contribution in [3.63, 3.8) is 0 Å². The summed E-state index contributed by atoms with van der Waals surface area (Å²) in [7, 11) is 0. The largest absolute Gasteiger partial charge is 0.485 e. The van der Waals surface area contributed by atoms with Gasteiger partial charge >= 0.3 is 0 Å². The highest BCUT2D eigenvalue weighted by atomic mass is 35.5. The van der Waals surface area contributed by atoms with Crippen molar-refractivity contribution in [2.24, 2.45) is 0 Å². The average molecular weight is 411 g/mol. The molecule has 0 saturated carbocycles. The van der Waals surface area contributed by atoms with Crippen LogP contribution in [0.5, 0.6) is 5.75 Å². The minimum Gasteiger partial charge on any atom is -0.485 e. The third-order valence-electron chi connectivity index (χ3n) is 4.76. The predicted octanol–water partition coefficient (Wildman–Crippen LogP) is 6.59. The number of ether oxygens (including phenoxy) is 1. The molecule has 0 spiro atoms. The van der Waals surface area contributed by atoms with Gasteiger partial charge in [0.15, 0.2) is 0 Å². The van der Waals surface area contributed by atoms with Gasteiger partial charge in [-0.1, -0.05) is 53.5 Å². The first kappa shape index (κ1) is 18.9. The van der Waals surface area contributed by atoms with Gasteiger partial charge in [-0.25, -0.2) is 4.98 Å². The summed E-state index contributed by atoms with van der Waals surface area (Å²) >= 11 is 12.3. The molecular formula is C23H20Cl2N2O. The Bertz CT molecular complexity index is 1150. The number of rotatable bonds is 5. The minimum absolute atomic E-state index is 0.389. The number of benzene rings is 3. The standard InChI is InChI=1S/C23H20Cl2N2O/c1-15-7-8-16(2)22(11-15)28-14-23-26-20-5-3-4-6-21(20)27(23)13-17-9-10-18(24)19(25)12-17/h3-12H,13-14H2,1-2H3. The second kappa shape index (κ2) is 7.86. The number of hydrogen-bond acceptors (Lipinski definition) is 2. The molecule has 142 valence electrons. The Morgan fingerprint density at radius 1 is 0.929 bits per heavy atom. The van der Waals surface area contributed by atoms with Gasteiger partial charge in [0.1, 0.15) is 18.2 Å². The number of imidazole rings is 1. The van der Waals surface area contributed by atoms with E-state index in [9.17, 15) is 0 Å². The molecule has 0 unspecified atom stereocenters. The number of halogens is 2. The Hall–Kier alpha value is -2.49. The third-order valence-corrected chi connectivity index (χ3v) is 5.50. The number of aromatic nitrogens is 2. The lowest BCUT2D eigenvalue weighted by Crippen LogP contribution is -2.09. The Balaban J connectivity index is 1.68. The van der Waals surface area contributed by atoms with E-state index in [4.69, 9.17) is 32.9 Å². The van der Waals surface area contributed by atoms with Crippen LogP contribution in [0.2, 0.25) is 10.0 Å². The monoisotopic (exact) mass is 410 g/mol. The summed E-state index contributed by atoms with van der Waals surface area (Å²) in [6, 6.07) is 20.0. The Kier molecular flexibility index (Phi) is 5.29. The Morgan fingerprint density at radius 3 is 2.57 bits per heavy atom. The molecule has 0 radical (unpaired) electrons. The SMILES string of the molecule is Cc1ccc(C)c(OCc2nc3ccccc3n2Cc2ccc(Cl)c(Cl)c2)c1. The zero-order chi connectivity index (χ0) is 19.7. The van der Waals surface area contributed by atoms with Crippen molar-refractivity contribution in [1.29, 1.82) is 0 Å². The second-order valence-corrected chi connectivity index (χ2v) is 7.72. The second-order valence-electron chi connectivity index (χ2n) is 6.91. The summed E-state index contributed by atoms with van der Waals surface area (Å²) in [6.07, 6.45) is 0. The summed E-state index contributed by atoms with van der Waals surface area (Å²) in [6.45, 7) is 5.14. The van der Waals surface area contributed by atoms with Crippen LogP contribution in [0.1, 0.15) is 22.5 Å². The first-order valence-corrected chi connectivity index (χ1v) is 9.85. The van der Waals surface area contributed by atoms with E-state index in [0.29, 0.717) is 23.2 Å². The molecule has 0 amide bonds. The average Bonchev–Trinajstić information content (AvgIpc) is 3.03. The van der Waals surface area contributed by atoms with Crippen LogP contribution < -0.4 is 4.74 Å². The summed E-state index contributed by atoms with van der Waals surface area (Å²) in [4.78, 5) is 4.79. The first-order chi connectivity index (χ1) is 13.5. The zero-order valence-electron chi connectivity index (χ0n) is 15.7. The molecule has 0 N–H and O–H groups in total. The van der Waals surface area contributed by atoms with Crippen molar-refractivity contribution in [2.45, 2.75) is 27.0 Å². The molecular weight excluding hydrogens is 391 g/mol. The van der Waals surface area contributed by atoms with E-state index in [2.05, 4.69) is 35.8 Å². The van der Waals surface area contributed by atoms with Gasteiger partial charge in [0.05, 0.1) is 21.1 Å². The lowest BCUT2D eigenvalue weighted by molar-refractivity contribution is 0.289. The van der Waals surface area contributed by atoms with Gasteiger partial charge in [0, 0.05) is 6.54 Å². The molecule has 0 fully saturated rings. The molecule has 1 aromatic heterocycles. The zero-order valence-corrected chi connectivity index (χ0v) is 17.3. The van der Waals surface area contributed by atoms with E-state index in [1.54, 1.807) is 0 Å². The van der Waals surface area contributed by atoms with Gasteiger partial charge < -0.3 is 9.30 Å². The van der Waals surface area contributed by atoms with Crippen molar-refractivity contribution in [1.82, 2.24) is 9.55 Å². The quantitative estimate of drug-likeness (QED) is 0.371. The van der Waals surface area contributed by atoms with E-state index < -0.39 is 0 Å². The molecule has 0 atom stereocenters. The molecule has 3 nitrogen and oxygen atoms in total. The van der Waals surface area contributed by atoms with Crippen LogP contribution in [0.4, 0.5) is 0 Å². The molecule has 3 aromatic carbocycles. The highest BCUT2D eigenvalue weighted by Crippen LogP contribution is 2.26. The van der Waals surface area contributed by atoms with Crippen LogP contribution in [-0.4, -0.2) is 9.55 Å². The van der Waals surface area contributed by atoms with E-state index in [0.717, 1.165) is 33.7 Å². The fourth-order valence-corrected chi connectivity index (χ4v) is 3.56.